The maximum Gasteiger partial charge on any atom is 0.0468 e. The van der Waals surface area contributed by atoms with Crippen LogP contribution < -0.4 is 0 Å². The lowest BCUT2D eigenvalue weighted by atomic mass is 9.94. The summed E-state index contributed by atoms with van der Waals surface area (Å²) in [5, 5.41) is 0. The third-order valence-corrected chi connectivity index (χ3v) is 3.15. The molecule has 0 unspecified atom stereocenters. The number of piperidine rings is 1. The van der Waals surface area contributed by atoms with Crippen molar-refractivity contribution < 1.29 is 4.74 Å². The average molecular weight is 199 g/mol. The summed E-state index contributed by atoms with van der Waals surface area (Å²) in [6.45, 7) is 6.71. The second-order valence-electron chi connectivity index (χ2n) is 4.50. The van der Waals surface area contributed by atoms with Gasteiger partial charge in [-0.15, -0.1) is 0 Å². The minimum absolute atomic E-state index is 0.924. The van der Waals surface area contributed by atoms with Crippen LogP contribution in [-0.2, 0) is 4.74 Å². The third kappa shape index (κ3) is 4.97. The van der Waals surface area contributed by atoms with Crippen LogP contribution in [0.3, 0.4) is 0 Å². The van der Waals surface area contributed by atoms with E-state index in [0.717, 1.165) is 19.1 Å². The van der Waals surface area contributed by atoms with E-state index in [0.29, 0.717) is 0 Å². The molecule has 2 heteroatoms. The lowest BCUT2D eigenvalue weighted by Gasteiger charge is -2.28. The highest BCUT2D eigenvalue weighted by Crippen LogP contribution is 2.19. The number of hydrogen-bond donors (Lipinski definition) is 0. The molecule has 1 aliphatic heterocycles. The summed E-state index contributed by atoms with van der Waals surface area (Å²) >= 11 is 0. The molecule has 0 amide bonds. The van der Waals surface area contributed by atoms with Crippen LogP contribution in [0.25, 0.3) is 0 Å². The van der Waals surface area contributed by atoms with Gasteiger partial charge < -0.3 is 9.64 Å². The number of ether oxygens (including phenoxy) is 1. The molecule has 2 nitrogen and oxygen atoms in total. The standard InChI is InChI=1S/C12H25NO/c1-3-4-10-14-11-7-12-5-8-13(2)9-6-12/h12H,3-11H2,1-2H3. The molecule has 84 valence electrons. The molecule has 0 aliphatic carbocycles. The van der Waals surface area contributed by atoms with E-state index in [9.17, 15) is 0 Å². The minimum Gasteiger partial charge on any atom is -0.381 e. The first-order chi connectivity index (χ1) is 6.83. The molecule has 0 bridgehead atoms. The van der Waals surface area contributed by atoms with Crippen molar-refractivity contribution in [2.75, 3.05) is 33.4 Å². The van der Waals surface area contributed by atoms with Gasteiger partial charge in [0.25, 0.3) is 0 Å². The molecular formula is C12H25NO. The Hall–Kier alpha value is -0.0800. The van der Waals surface area contributed by atoms with Crippen LogP contribution in [0.4, 0.5) is 0 Å². The molecule has 0 radical (unpaired) electrons. The predicted molar refractivity (Wildman–Crippen MR) is 60.6 cm³/mol. The molecule has 0 atom stereocenters. The summed E-state index contributed by atoms with van der Waals surface area (Å²) in [7, 11) is 2.22. The number of hydrogen-bond acceptors (Lipinski definition) is 2. The molecule has 1 fully saturated rings. The van der Waals surface area contributed by atoms with Gasteiger partial charge in [0.2, 0.25) is 0 Å². The SMILES string of the molecule is CCCCOCCC1CCN(C)CC1. The molecule has 1 heterocycles. The molecule has 0 aromatic carbocycles. The van der Waals surface area contributed by atoms with Crippen molar-refractivity contribution in [3.63, 3.8) is 0 Å². The summed E-state index contributed by atoms with van der Waals surface area (Å²) in [5.74, 6) is 0.924. The molecule has 0 saturated carbocycles. The van der Waals surface area contributed by atoms with Gasteiger partial charge >= 0.3 is 0 Å². The van der Waals surface area contributed by atoms with Gasteiger partial charge in [0, 0.05) is 13.2 Å². The second kappa shape index (κ2) is 7.24. The lowest BCUT2D eigenvalue weighted by Crippen LogP contribution is -2.30. The number of unbranched alkanes of at least 4 members (excludes halogenated alkanes) is 1. The lowest BCUT2D eigenvalue weighted by molar-refractivity contribution is 0.104. The van der Waals surface area contributed by atoms with Crippen molar-refractivity contribution in [2.45, 2.75) is 39.0 Å². The van der Waals surface area contributed by atoms with Gasteiger partial charge in [-0.2, -0.15) is 0 Å². The van der Waals surface area contributed by atoms with Crippen LogP contribution in [0.15, 0.2) is 0 Å². The van der Waals surface area contributed by atoms with Crippen LogP contribution >= 0.6 is 0 Å². The first kappa shape index (κ1) is 12.0. The highest BCUT2D eigenvalue weighted by molar-refractivity contribution is 4.69. The van der Waals surface area contributed by atoms with Gasteiger partial charge in [-0.1, -0.05) is 13.3 Å². The summed E-state index contributed by atoms with van der Waals surface area (Å²) in [6.07, 6.45) is 6.47. The monoisotopic (exact) mass is 199 g/mol. The smallest absolute Gasteiger partial charge is 0.0468 e. The predicted octanol–water partition coefficient (Wildman–Crippen LogP) is 2.54. The van der Waals surface area contributed by atoms with Crippen molar-refractivity contribution in [3.8, 4) is 0 Å². The normalized spacial score (nSPS) is 20.1. The molecule has 1 aliphatic rings. The van der Waals surface area contributed by atoms with Crippen LogP contribution in [0.5, 0.6) is 0 Å². The van der Waals surface area contributed by atoms with Crippen molar-refractivity contribution in [1.29, 1.82) is 0 Å². The Morgan fingerprint density at radius 1 is 1.21 bits per heavy atom. The molecule has 0 N–H and O–H groups in total. The largest absolute Gasteiger partial charge is 0.381 e. The zero-order valence-corrected chi connectivity index (χ0v) is 9.80. The molecule has 0 spiro atoms. The second-order valence-corrected chi connectivity index (χ2v) is 4.50. The zero-order valence-electron chi connectivity index (χ0n) is 9.80. The Labute approximate surface area is 88.6 Å². The number of rotatable bonds is 6. The zero-order chi connectivity index (χ0) is 10.2. The van der Waals surface area contributed by atoms with Crippen LogP contribution in [0.2, 0.25) is 0 Å². The number of nitrogens with zero attached hydrogens (tertiary/aromatic N) is 1. The van der Waals surface area contributed by atoms with Crippen LogP contribution in [0.1, 0.15) is 39.0 Å². The summed E-state index contributed by atoms with van der Waals surface area (Å²) in [4.78, 5) is 2.43. The van der Waals surface area contributed by atoms with Crippen molar-refractivity contribution in [1.82, 2.24) is 4.90 Å². The molecule has 14 heavy (non-hydrogen) atoms. The van der Waals surface area contributed by atoms with Crippen molar-refractivity contribution in [3.05, 3.63) is 0 Å². The quantitative estimate of drug-likeness (QED) is 0.610. The first-order valence-corrected chi connectivity index (χ1v) is 6.09. The Morgan fingerprint density at radius 3 is 2.57 bits per heavy atom. The van der Waals surface area contributed by atoms with E-state index >= 15 is 0 Å². The van der Waals surface area contributed by atoms with E-state index in [2.05, 4.69) is 18.9 Å². The number of likely N-dealkylation sites (tertiary alicyclic amines) is 1. The Balaban J connectivity index is 1.91. The molecule has 0 aromatic rings. The topological polar surface area (TPSA) is 12.5 Å². The van der Waals surface area contributed by atoms with E-state index in [-0.39, 0.29) is 0 Å². The highest BCUT2D eigenvalue weighted by atomic mass is 16.5. The van der Waals surface area contributed by atoms with E-state index in [1.807, 2.05) is 0 Å². The van der Waals surface area contributed by atoms with Gasteiger partial charge in [0.05, 0.1) is 0 Å². The van der Waals surface area contributed by atoms with Gasteiger partial charge in [-0.3, -0.25) is 0 Å². The van der Waals surface area contributed by atoms with E-state index in [4.69, 9.17) is 4.74 Å². The van der Waals surface area contributed by atoms with E-state index in [1.54, 1.807) is 0 Å². The van der Waals surface area contributed by atoms with Crippen molar-refractivity contribution in [2.24, 2.45) is 5.92 Å². The minimum atomic E-state index is 0.924. The van der Waals surface area contributed by atoms with E-state index < -0.39 is 0 Å². The summed E-state index contributed by atoms with van der Waals surface area (Å²) in [6, 6.07) is 0. The Kier molecular flexibility index (Phi) is 6.20. The van der Waals surface area contributed by atoms with Crippen LogP contribution in [0, 0.1) is 5.92 Å². The van der Waals surface area contributed by atoms with E-state index in [1.165, 1.54) is 45.2 Å². The Bertz CT molecular complexity index is 130. The van der Waals surface area contributed by atoms with Gasteiger partial charge in [0.1, 0.15) is 0 Å². The van der Waals surface area contributed by atoms with Gasteiger partial charge in [0.15, 0.2) is 0 Å². The fraction of sp³-hybridized carbons (Fsp3) is 1.00. The van der Waals surface area contributed by atoms with Gasteiger partial charge in [-0.25, -0.2) is 0 Å². The summed E-state index contributed by atoms with van der Waals surface area (Å²) < 4.78 is 5.59. The highest BCUT2D eigenvalue weighted by Gasteiger charge is 2.15. The summed E-state index contributed by atoms with van der Waals surface area (Å²) in [5.41, 5.74) is 0. The van der Waals surface area contributed by atoms with Gasteiger partial charge in [-0.05, 0) is 51.7 Å². The molecule has 0 aromatic heterocycles. The molecular weight excluding hydrogens is 174 g/mol. The maximum absolute atomic E-state index is 5.59. The first-order valence-electron chi connectivity index (χ1n) is 6.09. The molecule has 1 saturated heterocycles. The Morgan fingerprint density at radius 2 is 1.93 bits per heavy atom. The fourth-order valence-corrected chi connectivity index (χ4v) is 1.95. The average Bonchev–Trinajstić information content (AvgIpc) is 2.21. The van der Waals surface area contributed by atoms with Crippen molar-refractivity contribution >= 4 is 0 Å². The third-order valence-electron chi connectivity index (χ3n) is 3.15. The van der Waals surface area contributed by atoms with Crippen LogP contribution in [-0.4, -0.2) is 38.3 Å². The molecule has 1 rings (SSSR count). The fourth-order valence-electron chi connectivity index (χ4n) is 1.95. The maximum atomic E-state index is 5.59.